The number of esters is 1. The molecule has 0 aliphatic rings. The van der Waals surface area contributed by atoms with Crippen molar-refractivity contribution in [2.45, 2.75) is 26.5 Å². The van der Waals surface area contributed by atoms with E-state index < -0.39 is 18.0 Å². The summed E-state index contributed by atoms with van der Waals surface area (Å²) in [5, 5.41) is 2.62. The van der Waals surface area contributed by atoms with Crippen molar-refractivity contribution >= 4 is 11.9 Å². The van der Waals surface area contributed by atoms with Crippen LogP contribution >= 0.6 is 0 Å². The molecule has 2 aromatic rings. The van der Waals surface area contributed by atoms with Gasteiger partial charge in [-0.3, -0.25) is 4.79 Å². The van der Waals surface area contributed by atoms with E-state index in [9.17, 15) is 14.0 Å². The Hall–Kier alpha value is -3.09. The fraction of sp³-hybridized carbons (Fsp3) is 0.300. The number of ether oxygens (including phenoxy) is 3. The van der Waals surface area contributed by atoms with Crippen LogP contribution in [-0.4, -0.2) is 31.2 Å². The van der Waals surface area contributed by atoms with Crippen LogP contribution in [0.3, 0.4) is 0 Å². The first-order valence-corrected chi connectivity index (χ1v) is 8.55. The maximum atomic E-state index is 12.8. The fourth-order valence-electron chi connectivity index (χ4n) is 2.16. The molecule has 2 rings (SSSR count). The molecule has 0 saturated carbocycles. The highest BCUT2D eigenvalue weighted by Crippen LogP contribution is 2.17. The molecular weight excluding hydrogens is 353 g/mol. The molecule has 1 amide bonds. The monoisotopic (exact) mass is 375 g/mol. The van der Waals surface area contributed by atoms with Crippen molar-refractivity contribution in [2.75, 3.05) is 13.2 Å². The molecule has 0 aromatic heterocycles. The maximum Gasteiger partial charge on any atom is 0.344 e. The summed E-state index contributed by atoms with van der Waals surface area (Å²) in [5.74, 6) is -0.260. The molecule has 7 heteroatoms. The topological polar surface area (TPSA) is 73.9 Å². The van der Waals surface area contributed by atoms with Gasteiger partial charge in [-0.05, 0) is 55.8 Å². The highest BCUT2D eigenvalue weighted by atomic mass is 19.1. The lowest BCUT2D eigenvalue weighted by Gasteiger charge is -2.14. The molecule has 2 aromatic carbocycles. The van der Waals surface area contributed by atoms with Crippen LogP contribution in [-0.2, 0) is 20.9 Å². The van der Waals surface area contributed by atoms with Gasteiger partial charge in [0.2, 0.25) is 0 Å². The summed E-state index contributed by atoms with van der Waals surface area (Å²) in [5.41, 5.74) is 0.738. The average Bonchev–Trinajstić information content (AvgIpc) is 2.67. The maximum absolute atomic E-state index is 12.8. The first-order chi connectivity index (χ1) is 13.0. The van der Waals surface area contributed by atoms with Crippen LogP contribution in [0.25, 0.3) is 0 Å². The predicted octanol–water partition coefficient (Wildman–Crippen LogP) is 2.85. The summed E-state index contributed by atoms with van der Waals surface area (Å²) in [7, 11) is 0. The van der Waals surface area contributed by atoms with E-state index in [4.69, 9.17) is 14.2 Å². The fourth-order valence-corrected chi connectivity index (χ4v) is 2.16. The van der Waals surface area contributed by atoms with Crippen molar-refractivity contribution in [3.63, 3.8) is 0 Å². The SMILES string of the molecule is CCOc1ccc(OCC(=O)OC(C)C(=O)NCc2ccc(F)cc2)cc1. The Kier molecular flexibility index (Phi) is 7.61. The molecule has 0 saturated heterocycles. The van der Waals surface area contributed by atoms with Gasteiger partial charge in [0.05, 0.1) is 6.61 Å². The van der Waals surface area contributed by atoms with Crippen LogP contribution in [0.5, 0.6) is 11.5 Å². The number of carbonyl (C=O) groups excluding carboxylic acids is 2. The molecule has 6 nitrogen and oxygen atoms in total. The van der Waals surface area contributed by atoms with Gasteiger partial charge in [-0.15, -0.1) is 0 Å². The van der Waals surface area contributed by atoms with E-state index in [1.165, 1.54) is 19.1 Å². The first kappa shape index (κ1) is 20.2. The highest BCUT2D eigenvalue weighted by molar-refractivity contribution is 5.83. The molecule has 0 radical (unpaired) electrons. The van der Waals surface area contributed by atoms with Gasteiger partial charge < -0.3 is 19.5 Å². The summed E-state index contributed by atoms with van der Waals surface area (Å²) < 4.78 is 28.5. The second kappa shape index (κ2) is 10.2. The standard InChI is InChI=1S/C20H22FNO5/c1-3-25-17-8-10-18(11-9-17)26-13-19(23)27-14(2)20(24)22-12-15-4-6-16(21)7-5-15/h4-11,14H,3,12-13H2,1-2H3,(H,22,24). The van der Waals surface area contributed by atoms with E-state index >= 15 is 0 Å². The van der Waals surface area contributed by atoms with Crippen LogP contribution in [0, 0.1) is 5.82 Å². The molecule has 0 heterocycles. The molecule has 0 bridgehead atoms. The number of hydrogen-bond acceptors (Lipinski definition) is 5. The lowest BCUT2D eigenvalue weighted by atomic mass is 10.2. The number of halogens is 1. The highest BCUT2D eigenvalue weighted by Gasteiger charge is 2.17. The van der Waals surface area contributed by atoms with Crippen LogP contribution < -0.4 is 14.8 Å². The molecule has 27 heavy (non-hydrogen) atoms. The molecule has 1 atom stereocenters. The average molecular weight is 375 g/mol. The van der Waals surface area contributed by atoms with E-state index in [1.54, 1.807) is 36.4 Å². The molecule has 1 N–H and O–H groups in total. The minimum atomic E-state index is -0.970. The van der Waals surface area contributed by atoms with Crippen molar-refractivity contribution in [1.82, 2.24) is 5.32 Å². The number of rotatable bonds is 9. The summed E-state index contributed by atoms with van der Waals surface area (Å²) in [6, 6.07) is 12.6. The Bertz CT molecular complexity index is 746. The van der Waals surface area contributed by atoms with Gasteiger partial charge in [0.25, 0.3) is 5.91 Å². The zero-order chi connectivity index (χ0) is 19.6. The quantitative estimate of drug-likeness (QED) is 0.682. The van der Waals surface area contributed by atoms with Crippen molar-refractivity contribution in [3.05, 3.63) is 59.9 Å². The van der Waals surface area contributed by atoms with E-state index in [0.29, 0.717) is 18.1 Å². The third kappa shape index (κ3) is 6.97. The zero-order valence-electron chi connectivity index (χ0n) is 15.2. The Morgan fingerprint density at radius 1 is 1.00 bits per heavy atom. The Morgan fingerprint density at radius 2 is 1.59 bits per heavy atom. The van der Waals surface area contributed by atoms with Gasteiger partial charge >= 0.3 is 5.97 Å². The molecule has 144 valence electrons. The predicted molar refractivity (Wildman–Crippen MR) is 96.9 cm³/mol. The number of hydrogen-bond donors (Lipinski definition) is 1. The summed E-state index contributed by atoms with van der Waals surface area (Å²) in [6.45, 7) is 3.81. The van der Waals surface area contributed by atoms with Crippen molar-refractivity contribution in [2.24, 2.45) is 0 Å². The third-order valence-electron chi connectivity index (χ3n) is 3.55. The van der Waals surface area contributed by atoms with Gasteiger partial charge in [-0.2, -0.15) is 0 Å². The zero-order valence-corrected chi connectivity index (χ0v) is 15.2. The molecule has 1 unspecified atom stereocenters. The Morgan fingerprint density at radius 3 is 2.19 bits per heavy atom. The van der Waals surface area contributed by atoms with E-state index in [2.05, 4.69) is 5.32 Å². The Balaban J connectivity index is 1.72. The molecule has 0 aliphatic heterocycles. The van der Waals surface area contributed by atoms with Crippen LogP contribution in [0.4, 0.5) is 4.39 Å². The smallest absolute Gasteiger partial charge is 0.344 e. The number of benzene rings is 2. The Labute approximate surface area is 157 Å². The molecule has 0 aliphatic carbocycles. The second-order valence-electron chi connectivity index (χ2n) is 5.67. The summed E-state index contributed by atoms with van der Waals surface area (Å²) in [6.07, 6.45) is -0.970. The third-order valence-corrected chi connectivity index (χ3v) is 3.55. The second-order valence-corrected chi connectivity index (χ2v) is 5.67. The van der Waals surface area contributed by atoms with Gasteiger partial charge in [-0.25, -0.2) is 9.18 Å². The number of amides is 1. The lowest BCUT2D eigenvalue weighted by Crippen LogP contribution is -2.36. The van der Waals surface area contributed by atoms with Gasteiger partial charge in [-0.1, -0.05) is 12.1 Å². The van der Waals surface area contributed by atoms with Crippen molar-refractivity contribution < 1.29 is 28.2 Å². The summed E-state index contributed by atoms with van der Waals surface area (Å²) in [4.78, 5) is 23.8. The first-order valence-electron chi connectivity index (χ1n) is 8.55. The largest absolute Gasteiger partial charge is 0.494 e. The lowest BCUT2D eigenvalue weighted by molar-refractivity contribution is -0.156. The van der Waals surface area contributed by atoms with Crippen LogP contribution in [0.2, 0.25) is 0 Å². The van der Waals surface area contributed by atoms with E-state index in [1.807, 2.05) is 6.92 Å². The summed E-state index contributed by atoms with van der Waals surface area (Å²) >= 11 is 0. The molecule has 0 spiro atoms. The molecule has 0 fully saturated rings. The normalized spacial score (nSPS) is 11.4. The van der Waals surface area contributed by atoms with Crippen molar-refractivity contribution in [3.8, 4) is 11.5 Å². The van der Waals surface area contributed by atoms with E-state index in [0.717, 1.165) is 5.56 Å². The number of nitrogens with one attached hydrogen (secondary N) is 1. The molecular formula is C20H22FNO5. The van der Waals surface area contributed by atoms with Gasteiger partial charge in [0, 0.05) is 6.54 Å². The number of carbonyl (C=O) groups is 2. The minimum absolute atomic E-state index is 0.212. The van der Waals surface area contributed by atoms with Crippen molar-refractivity contribution in [1.29, 1.82) is 0 Å². The van der Waals surface area contributed by atoms with Crippen LogP contribution in [0.1, 0.15) is 19.4 Å². The minimum Gasteiger partial charge on any atom is -0.494 e. The van der Waals surface area contributed by atoms with E-state index in [-0.39, 0.29) is 19.0 Å². The van der Waals surface area contributed by atoms with Crippen LogP contribution in [0.15, 0.2) is 48.5 Å². The van der Waals surface area contributed by atoms with Gasteiger partial charge in [0.1, 0.15) is 17.3 Å². The van der Waals surface area contributed by atoms with Gasteiger partial charge in [0.15, 0.2) is 12.7 Å².